The third kappa shape index (κ3) is 30.3. The summed E-state index contributed by atoms with van der Waals surface area (Å²) in [6, 6.07) is 0.121. The van der Waals surface area contributed by atoms with Gasteiger partial charge < -0.3 is 24.6 Å². The van der Waals surface area contributed by atoms with E-state index in [1.54, 1.807) is 6.20 Å². The molecule has 0 aliphatic rings. The van der Waals surface area contributed by atoms with Gasteiger partial charge in [0, 0.05) is 38.5 Å². The van der Waals surface area contributed by atoms with Crippen molar-refractivity contribution >= 4 is 11.9 Å². The Kier molecular flexibility index (Phi) is 35.4. The lowest BCUT2D eigenvalue weighted by molar-refractivity contribution is -0.150. The lowest BCUT2D eigenvalue weighted by atomic mass is 10.1. The molecule has 0 heterocycles. The second-order valence-corrected chi connectivity index (χ2v) is 15.8. The molecule has 0 spiro atoms. The van der Waals surface area contributed by atoms with E-state index < -0.39 is 12.2 Å². The molecule has 0 aliphatic heterocycles. The topological polar surface area (TPSA) is 99.5 Å². The standard InChI is InChI=1S/C46H88N2O6/c1-8-14-16-18-20-26-32-43(11-4)53-45(51)34-28-22-24-30-41(49)38-47(37-40(7)48(13-6)36-10-3)39-42(50)31-25-23-29-35-46(52)54-44(12-5)33-27-21-19-17-15-9-2/h10,13,36,40-44,49-50H,6,8-9,11-12,14-35,37-39H2,1-5,7H3/b36-10-. The molecule has 54 heavy (non-hydrogen) atoms. The zero-order valence-electron chi connectivity index (χ0n) is 36.3. The van der Waals surface area contributed by atoms with Gasteiger partial charge in [0.15, 0.2) is 0 Å². The molecule has 0 fully saturated rings. The molecule has 0 saturated carbocycles. The summed E-state index contributed by atoms with van der Waals surface area (Å²) < 4.78 is 11.5. The lowest BCUT2D eigenvalue weighted by Crippen LogP contribution is -2.44. The van der Waals surface area contributed by atoms with Crippen molar-refractivity contribution in [3.63, 3.8) is 0 Å². The summed E-state index contributed by atoms with van der Waals surface area (Å²) in [5.41, 5.74) is 0. The molecular weight excluding hydrogens is 677 g/mol. The maximum atomic E-state index is 12.5. The van der Waals surface area contributed by atoms with E-state index in [4.69, 9.17) is 9.47 Å². The minimum atomic E-state index is -0.518. The largest absolute Gasteiger partial charge is 0.462 e. The summed E-state index contributed by atoms with van der Waals surface area (Å²) in [6.07, 6.45) is 30.5. The van der Waals surface area contributed by atoms with Crippen molar-refractivity contribution in [3.8, 4) is 0 Å². The Hall–Kier alpha value is -1.90. The van der Waals surface area contributed by atoms with Crippen LogP contribution in [0.15, 0.2) is 25.1 Å². The van der Waals surface area contributed by atoms with Crippen LogP contribution in [0.4, 0.5) is 0 Å². The molecule has 0 aromatic rings. The molecule has 0 saturated heterocycles. The van der Waals surface area contributed by atoms with Gasteiger partial charge in [0.1, 0.15) is 12.2 Å². The minimum Gasteiger partial charge on any atom is -0.462 e. The van der Waals surface area contributed by atoms with Crippen LogP contribution in [0.3, 0.4) is 0 Å². The van der Waals surface area contributed by atoms with Gasteiger partial charge in [-0.05, 0) is 90.5 Å². The third-order valence-electron chi connectivity index (χ3n) is 10.6. The first kappa shape index (κ1) is 52.1. The number of nitrogens with zero attached hydrogens (tertiary/aromatic N) is 2. The lowest BCUT2D eigenvalue weighted by Gasteiger charge is -2.33. The van der Waals surface area contributed by atoms with Crippen molar-refractivity contribution in [2.75, 3.05) is 19.6 Å². The van der Waals surface area contributed by atoms with Crippen LogP contribution in [-0.2, 0) is 19.1 Å². The Balaban J connectivity index is 4.63. The van der Waals surface area contributed by atoms with Gasteiger partial charge in [-0.2, -0.15) is 0 Å². The van der Waals surface area contributed by atoms with Gasteiger partial charge in [0.25, 0.3) is 0 Å². The molecule has 0 aromatic heterocycles. The molecule has 0 aliphatic carbocycles. The number of hydrogen-bond acceptors (Lipinski definition) is 8. The Labute approximate surface area is 333 Å². The summed E-state index contributed by atoms with van der Waals surface area (Å²) in [5, 5.41) is 22.0. The second-order valence-electron chi connectivity index (χ2n) is 15.8. The van der Waals surface area contributed by atoms with Crippen LogP contribution in [-0.4, -0.2) is 82.0 Å². The fourth-order valence-electron chi connectivity index (χ4n) is 7.17. The van der Waals surface area contributed by atoms with Crippen molar-refractivity contribution < 1.29 is 29.3 Å². The van der Waals surface area contributed by atoms with Crippen LogP contribution in [0.2, 0.25) is 0 Å². The summed E-state index contributed by atoms with van der Waals surface area (Å²) >= 11 is 0. The first-order valence-electron chi connectivity index (χ1n) is 22.6. The Bertz CT molecular complexity index is 858. The molecule has 0 amide bonds. The predicted molar refractivity (Wildman–Crippen MR) is 227 cm³/mol. The SMILES string of the molecule is C=CN(/C=C\C)C(C)CN(CC(O)CCCCCC(=O)OC(CC)CCCCCCCC)CC(O)CCCCCC(=O)OC(CC)CCCCCCCC. The fourth-order valence-corrected chi connectivity index (χ4v) is 7.17. The van der Waals surface area contributed by atoms with Crippen LogP contribution in [0.5, 0.6) is 0 Å². The first-order chi connectivity index (χ1) is 26.1. The normalized spacial score (nSPS) is 14.5. The molecule has 8 heteroatoms. The van der Waals surface area contributed by atoms with Crippen molar-refractivity contribution in [3.05, 3.63) is 25.1 Å². The van der Waals surface area contributed by atoms with Gasteiger partial charge in [0.05, 0.1) is 12.2 Å². The molecule has 5 unspecified atom stereocenters. The fraction of sp³-hybridized carbons (Fsp3) is 0.870. The minimum absolute atomic E-state index is 0.0286. The van der Waals surface area contributed by atoms with Crippen molar-refractivity contribution in [1.29, 1.82) is 0 Å². The molecule has 0 rings (SSSR count). The summed E-state index contributed by atoms with van der Waals surface area (Å²) in [4.78, 5) is 29.2. The van der Waals surface area contributed by atoms with E-state index in [2.05, 4.69) is 51.0 Å². The number of aliphatic hydroxyl groups is 2. The molecule has 5 atom stereocenters. The van der Waals surface area contributed by atoms with Gasteiger partial charge in [-0.1, -0.05) is 130 Å². The van der Waals surface area contributed by atoms with E-state index in [0.29, 0.717) is 45.3 Å². The van der Waals surface area contributed by atoms with Gasteiger partial charge in [-0.3, -0.25) is 14.5 Å². The number of esters is 2. The zero-order valence-corrected chi connectivity index (χ0v) is 36.3. The zero-order chi connectivity index (χ0) is 40.2. The maximum Gasteiger partial charge on any atom is 0.306 e. The third-order valence-corrected chi connectivity index (χ3v) is 10.6. The number of unbranched alkanes of at least 4 members (excludes halogenated alkanes) is 14. The smallest absolute Gasteiger partial charge is 0.306 e. The van der Waals surface area contributed by atoms with Crippen LogP contribution < -0.4 is 0 Å². The van der Waals surface area contributed by atoms with Crippen LogP contribution >= 0.6 is 0 Å². The first-order valence-corrected chi connectivity index (χ1v) is 22.6. The molecule has 318 valence electrons. The van der Waals surface area contributed by atoms with Crippen molar-refractivity contribution in [2.24, 2.45) is 0 Å². The summed E-state index contributed by atoms with van der Waals surface area (Å²) in [7, 11) is 0. The van der Waals surface area contributed by atoms with Gasteiger partial charge >= 0.3 is 11.9 Å². The highest BCUT2D eigenvalue weighted by Crippen LogP contribution is 2.17. The number of ether oxygens (including phenoxy) is 2. The van der Waals surface area contributed by atoms with E-state index in [0.717, 1.165) is 77.0 Å². The molecule has 0 bridgehead atoms. The van der Waals surface area contributed by atoms with E-state index in [1.165, 1.54) is 64.2 Å². The number of allylic oxidation sites excluding steroid dienone is 1. The van der Waals surface area contributed by atoms with Gasteiger partial charge in [-0.25, -0.2) is 0 Å². The van der Waals surface area contributed by atoms with Gasteiger partial charge in [0.2, 0.25) is 0 Å². The average molecular weight is 765 g/mol. The number of aliphatic hydroxyl groups excluding tert-OH is 2. The number of hydrogen-bond donors (Lipinski definition) is 2. The summed E-state index contributed by atoms with van der Waals surface area (Å²) in [6.45, 7) is 18.3. The molecule has 8 nitrogen and oxygen atoms in total. The molecule has 2 N–H and O–H groups in total. The summed E-state index contributed by atoms with van der Waals surface area (Å²) in [5.74, 6) is -0.196. The van der Waals surface area contributed by atoms with E-state index in [1.807, 2.05) is 19.2 Å². The highest BCUT2D eigenvalue weighted by molar-refractivity contribution is 5.69. The highest BCUT2D eigenvalue weighted by atomic mass is 16.5. The van der Waals surface area contributed by atoms with Crippen molar-refractivity contribution in [1.82, 2.24) is 9.80 Å². The molecule has 0 aromatic carbocycles. The van der Waals surface area contributed by atoms with E-state index in [9.17, 15) is 19.8 Å². The molecule has 0 radical (unpaired) electrons. The number of carbonyl (C=O) groups is 2. The van der Waals surface area contributed by atoms with Crippen LogP contribution in [0, 0.1) is 0 Å². The molecular formula is C46H88N2O6. The average Bonchev–Trinajstić information content (AvgIpc) is 3.15. The monoisotopic (exact) mass is 765 g/mol. The van der Waals surface area contributed by atoms with E-state index in [-0.39, 0.29) is 30.2 Å². The van der Waals surface area contributed by atoms with E-state index >= 15 is 0 Å². The quantitative estimate of drug-likeness (QED) is 0.0471. The Morgan fingerprint density at radius 3 is 1.37 bits per heavy atom. The number of rotatable bonds is 39. The van der Waals surface area contributed by atoms with Gasteiger partial charge in [-0.15, -0.1) is 0 Å². The number of carbonyl (C=O) groups excluding carboxylic acids is 2. The van der Waals surface area contributed by atoms with Crippen LogP contribution in [0.25, 0.3) is 0 Å². The predicted octanol–water partition coefficient (Wildman–Crippen LogP) is 11.4. The Morgan fingerprint density at radius 1 is 0.593 bits per heavy atom. The Morgan fingerprint density at radius 2 is 0.981 bits per heavy atom. The van der Waals surface area contributed by atoms with Crippen molar-refractivity contribution in [2.45, 2.75) is 239 Å². The highest BCUT2D eigenvalue weighted by Gasteiger charge is 2.20. The van der Waals surface area contributed by atoms with Crippen LogP contribution in [0.1, 0.15) is 208 Å². The second kappa shape index (κ2) is 36.7. The maximum absolute atomic E-state index is 12.5.